The van der Waals surface area contributed by atoms with E-state index >= 15 is 0 Å². The number of amides is 1. The summed E-state index contributed by atoms with van der Waals surface area (Å²) < 4.78 is 10.1. The van der Waals surface area contributed by atoms with Crippen LogP contribution in [0.5, 0.6) is 0 Å². The minimum absolute atomic E-state index is 0.0304. The van der Waals surface area contributed by atoms with E-state index in [0.29, 0.717) is 6.61 Å². The van der Waals surface area contributed by atoms with Gasteiger partial charge < -0.3 is 19.9 Å². The van der Waals surface area contributed by atoms with Crippen molar-refractivity contribution >= 4 is 12.1 Å². The minimum atomic E-state index is -1.13. The molecule has 1 amide bonds. The maximum absolute atomic E-state index is 11.3. The number of carbonyl (C=O) groups excluding carboxylic acids is 1. The fourth-order valence-corrected chi connectivity index (χ4v) is 1.54. The maximum Gasteiger partial charge on any atom is 0.408 e. The van der Waals surface area contributed by atoms with Gasteiger partial charge in [0.25, 0.3) is 0 Å². The molecule has 0 aliphatic carbocycles. The van der Waals surface area contributed by atoms with Crippen LogP contribution in [-0.2, 0) is 20.9 Å². The molecule has 0 radical (unpaired) electrons. The van der Waals surface area contributed by atoms with Crippen LogP contribution in [0.15, 0.2) is 43.0 Å². The second-order valence-electron chi connectivity index (χ2n) is 4.25. The van der Waals surface area contributed by atoms with Crippen LogP contribution >= 0.6 is 0 Å². The average molecular weight is 293 g/mol. The van der Waals surface area contributed by atoms with E-state index in [-0.39, 0.29) is 19.6 Å². The lowest BCUT2D eigenvalue weighted by Gasteiger charge is -2.14. The van der Waals surface area contributed by atoms with E-state index in [9.17, 15) is 9.59 Å². The lowest BCUT2D eigenvalue weighted by molar-refractivity contribution is -0.139. The Morgan fingerprint density at radius 3 is 2.67 bits per heavy atom. The zero-order valence-electron chi connectivity index (χ0n) is 11.7. The van der Waals surface area contributed by atoms with E-state index in [0.717, 1.165) is 5.56 Å². The molecule has 0 aromatic heterocycles. The summed E-state index contributed by atoms with van der Waals surface area (Å²) >= 11 is 0. The Labute approximate surface area is 123 Å². The fraction of sp³-hybridized carbons (Fsp3) is 0.333. The van der Waals surface area contributed by atoms with Crippen molar-refractivity contribution in [2.45, 2.75) is 19.1 Å². The van der Waals surface area contributed by atoms with Crippen LogP contribution < -0.4 is 5.32 Å². The van der Waals surface area contributed by atoms with Crippen LogP contribution in [0, 0.1) is 0 Å². The molecule has 0 fully saturated rings. The molecular weight excluding hydrogens is 274 g/mol. The number of hydrogen-bond acceptors (Lipinski definition) is 4. The van der Waals surface area contributed by atoms with Gasteiger partial charge in [-0.1, -0.05) is 43.0 Å². The molecule has 2 N–H and O–H groups in total. The molecule has 0 aliphatic heterocycles. The molecule has 1 aromatic carbocycles. The summed E-state index contributed by atoms with van der Waals surface area (Å²) in [6, 6.07) is 8.49. The Morgan fingerprint density at radius 2 is 2.05 bits per heavy atom. The van der Waals surface area contributed by atoms with Crippen LogP contribution in [0.4, 0.5) is 4.79 Å². The van der Waals surface area contributed by atoms with Gasteiger partial charge in [0.2, 0.25) is 0 Å². The summed E-state index contributed by atoms with van der Waals surface area (Å²) in [6.45, 7) is 4.04. The molecule has 1 aromatic rings. The first-order chi connectivity index (χ1) is 10.1. The zero-order valence-corrected chi connectivity index (χ0v) is 11.7. The van der Waals surface area contributed by atoms with Crippen LogP contribution in [0.25, 0.3) is 0 Å². The lowest BCUT2D eigenvalue weighted by Crippen LogP contribution is -2.41. The number of nitrogens with one attached hydrogen (secondary N) is 1. The Balaban J connectivity index is 2.29. The van der Waals surface area contributed by atoms with E-state index in [2.05, 4.69) is 16.6 Å². The molecule has 1 rings (SSSR count). The summed E-state index contributed by atoms with van der Waals surface area (Å²) in [6.07, 6.45) is 0.773. The second-order valence-corrected chi connectivity index (χ2v) is 4.25. The van der Waals surface area contributed by atoms with Crippen LogP contribution in [0.1, 0.15) is 12.0 Å². The summed E-state index contributed by atoms with van der Waals surface area (Å²) in [5.74, 6) is -1.13. The molecule has 0 aliphatic rings. The molecular formula is C15H19NO5. The molecule has 0 heterocycles. The van der Waals surface area contributed by atoms with Gasteiger partial charge in [-0.3, -0.25) is 0 Å². The van der Waals surface area contributed by atoms with Crippen molar-refractivity contribution in [2.24, 2.45) is 0 Å². The summed E-state index contributed by atoms with van der Waals surface area (Å²) in [5.41, 5.74) is 1.00. The van der Waals surface area contributed by atoms with Gasteiger partial charge in [0.05, 0.1) is 6.61 Å². The number of rotatable bonds is 9. The minimum Gasteiger partial charge on any atom is -0.480 e. The Morgan fingerprint density at radius 1 is 1.33 bits per heavy atom. The molecule has 0 saturated carbocycles. The summed E-state index contributed by atoms with van der Waals surface area (Å²) in [4.78, 5) is 22.3. The average Bonchev–Trinajstić information content (AvgIpc) is 2.49. The molecule has 1 atom stereocenters. The number of ether oxygens (including phenoxy) is 2. The van der Waals surface area contributed by atoms with Crippen molar-refractivity contribution in [2.75, 3.05) is 13.2 Å². The molecule has 21 heavy (non-hydrogen) atoms. The van der Waals surface area contributed by atoms with Crippen molar-refractivity contribution in [3.63, 3.8) is 0 Å². The SMILES string of the molecule is C=CCOC(=O)NC(CCOCc1ccccc1)C(=O)O. The smallest absolute Gasteiger partial charge is 0.408 e. The van der Waals surface area contributed by atoms with Crippen LogP contribution in [0.2, 0.25) is 0 Å². The highest BCUT2D eigenvalue weighted by Gasteiger charge is 2.20. The van der Waals surface area contributed by atoms with E-state index < -0.39 is 18.1 Å². The van der Waals surface area contributed by atoms with Gasteiger partial charge in [-0.15, -0.1) is 0 Å². The number of carboxylic acids is 1. The van der Waals surface area contributed by atoms with Gasteiger partial charge in [0.1, 0.15) is 12.6 Å². The third-order valence-corrected chi connectivity index (χ3v) is 2.58. The molecule has 6 heteroatoms. The van der Waals surface area contributed by atoms with Gasteiger partial charge >= 0.3 is 12.1 Å². The molecule has 6 nitrogen and oxygen atoms in total. The van der Waals surface area contributed by atoms with Crippen molar-refractivity contribution < 1.29 is 24.2 Å². The third kappa shape index (κ3) is 7.12. The van der Waals surface area contributed by atoms with E-state index in [1.54, 1.807) is 0 Å². The van der Waals surface area contributed by atoms with Crippen molar-refractivity contribution in [1.82, 2.24) is 5.32 Å². The van der Waals surface area contributed by atoms with Crippen molar-refractivity contribution in [3.8, 4) is 0 Å². The predicted molar refractivity (Wildman–Crippen MR) is 76.8 cm³/mol. The summed E-state index contributed by atoms with van der Waals surface area (Å²) in [5, 5.41) is 11.3. The topological polar surface area (TPSA) is 84.9 Å². The first-order valence-electron chi connectivity index (χ1n) is 6.52. The normalized spacial score (nSPS) is 11.4. The van der Waals surface area contributed by atoms with Gasteiger partial charge in [-0.25, -0.2) is 9.59 Å². The quantitative estimate of drug-likeness (QED) is 0.537. The van der Waals surface area contributed by atoms with Gasteiger partial charge in [-0.05, 0) is 5.56 Å². The maximum atomic E-state index is 11.3. The lowest BCUT2D eigenvalue weighted by atomic mass is 10.2. The number of hydrogen-bond donors (Lipinski definition) is 2. The molecule has 0 saturated heterocycles. The Bertz CT molecular complexity index is 460. The van der Waals surface area contributed by atoms with Crippen LogP contribution in [-0.4, -0.2) is 36.4 Å². The van der Waals surface area contributed by atoms with E-state index in [1.807, 2.05) is 30.3 Å². The fourth-order valence-electron chi connectivity index (χ4n) is 1.54. The first-order valence-corrected chi connectivity index (χ1v) is 6.52. The number of aliphatic carboxylic acids is 1. The molecule has 114 valence electrons. The monoisotopic (exact) mass is 293 g/mol. The number of benzene rings is 1. The summed E-state index contributed by atoms with van der Waals surface area (Å²) in [7, 11) is 0. The second kappa shape index (κ2) is 9.55. The van der Waals surface area contributed by atoms with E-state index in [4.69, 9.17) is 9.84 Å². The van der Waals surface area contributed by atoms with Gasteiger partial charge in [-0.2, -0.15) is 0 Å². The first kappa shape index (κ1) is 16.7. The molecule has 1 unspecified atom stereocenters. The molecule has 0 bridgehead atoms. The third-order valence-electron chi connectivity index (χ3n) is 2.58. The van der Waals surface area contributed by atoms with Gasteiger partial charge in [0.15, 0.2) is 0 Å². The predicted octanol–water partition coefficient (Wildman–Crippen LogP) is 1.96. The van der Waals surface area contributed by atoms with Gasteiger partial charge in [0, 0.05) is 13.0 Å². The van der Waals surface area contributed by atoms with Crippen molar-refractivity contribution in [1.29, 1.82) is 0 Å². The van der Waals surface area contributed by atoms with E-state index in [1.165, 1.54) is 6.08 Å². The number of carboxylic acid groups (broad SMARTS) is 1. The zero-order chi connectivity index (χ0) is 15.5. The molecule has 0 spiro atoms. The highest BCUT2D eigenvalue weighted by Crippen LogP contribution is 2.02. The largest absolute Gasteiger partial charge is 0.480 e. The standard InChI is InChI=1S/C15H19NO5/c1-2-9-21-15(19)16-13(14(17)18)8-10-20-11-12-6-4-3-5-7-12/h2-7,13H,1,8-11H2,(H,16,19)(H,17,18). The highest BCUT2D eigenvalue weighted by molar-refractivity contribution is 5.79. The van der Waals surface area contributed by atoms with Crippen LogP contribution in [0.3, 0.4) is 0 Å². The number of alkyl carbamates (subject to hydrolysis) is 1. The van der Waals surface area contributed by atoms with Crippen molar-refractivity contribution in [3.05, 3.63) is 48.6 Å². The highest BCUT2D eigenvalue weighted by atomic mass is 16.5. The number of carbonyl (C=O) groups is 2. The Hall–Kier alpha value is -2.34. The Kier molecular flexibility index (Phi) is 7.60.